The topological polar surface area (TPSA) is 43.1 Å². The number of halogens is 3. The van der Waals surface area contributed by atoms with Crippen LogP contribution in [0.5, 0.6) is 0 Å². The maximum absolute atomic E-state index is 12.8. The molecule has 0 aliphatic carbocycles. The molecule has 3 aromatic rings. The van der Waals surface area contributed by atoms with Gasteiger partial charge in [-0.3, -0.25) is 0 Å². The molecule has 9 heteroatoms. The van der Waals surface area contributed by atoms with Crippen molar-refractivity contribution in [3.05, 3.63) is 36.4 Å². The van der Waals surface area contributed by atoms with E-state index in [0.717, 1.165) is 33.8 Å². The summed E-state index contributed by atoms with van der Waals surface area (Å²) in [6, 6.07) is 3.94. The van der Waals surface area contributed by atoms with Crippen LogP contribution in [0.25, 0.3) is 17.0 Å². The number of rotatable bonds is 5. The summed E-state index contributed by atoms with van der Waals surface area (Å²) in [5.74, 6) is 1.75. The number of aromatic nitrogens is 4. The quantitative estimate of drug-likeness (QED) is 0.577. The van der Waals surface area contributed by atoms with E-state index in [1.165, 1.54) is 4.40 Å². The maximum atomic E-state index is 12.8. The van der Waals surface area contributed by atoms with E-state index in [1.54, 1.807) is 29.7 Å². The van der Waals surface area contributed by atoms with Crippen molar-refractivity contribution in [1.29, 1.82) is 0 Å². The van der Waals surface area contributed by atoms with E-state index in [-0.39, 0.29) is 0 Å². The second kappa shape index (κ2) is 7.25. The summed E-state index contributed by atoms with van der Waals surface area (Å²) in [4.78, 5) is 13.4. The monoisotopic (exact) mass is 384 g/mol. The molecule has 25 heavy (non-hydrogen) atoms. The van der Waals surface area contributed by atoms with Crippen molar-refractivity contribution in [3.63, 3.8) is 0 Å². The summed E-state index contributed by atoms with van der Waals surface area (Å²) in [6.07, 6.45) is -0.848. The highest BCUT2D eigenvalue weighted by Gasteiger charge is 2.33. The Hall–Kier alpha value is -1.74. The van der Waals surface area contributed by atoms with Crippen molar-refractivity contribution in [2.24, 2.45) is 0 Å². The first-order valence-corrected chi connectivity index (χ1v) is 9.58. The average molecular weight is 384 g/mol. The van der Waals surface area contributed by atoms with E-state index >= 15 is 0 Å². The molecule has 0 aromatic carbocycles. The van der Waals surface area contributed by atoms with Gasteiger partial charge in [0.25, 0.3) is 0 Å². The van der Waals surface area contributed by atoms with Gasteiger partial charge in [-0.25, -0.2) is 15.0 Å². The third-order valence-corrected chi connectivity index (χ3v) is 5.04. The van der Waals surface area contributed by atoms with Gasteiger partial charge in [-0.1, -0.05) is 13.8 Å². The van der Waals surface area contributed by atoms with Crippen molar-refractivity contribution in [1.82, 2.24) is 19.4 Å². The molecule has 0 atom stereocenters. The highest BCUT2D eigenvalue weighted by Crippen LogP contribution is 2.32. The third kappa shape index (κ3) is 3.92. The van der Waals surface area contributed by atoms with Gasteiger partial charge in [0.1, 0.15) is 11.4 Å². The van der Waals surface area contributed by atoms with Gasteiger partial charge >= 0.3 is 6.18 Å². The molecule has 0 aliphatic rings. The van der Waals surface area contributed by atoms with E-state index in [1.807, 2.05) is 26.0 Å². The lowest BCUT2D eigenvalue weighted by atomic mass is 10.3. The molecule has 3 rings (SSSR count). The minimum Gasteiger partial charge on any atom is -0.303 e. The Morgan fingerprint density at radius 2 is 1.80 bits per heavy atom. The number of fused-ring (bicyclic) bond motifs is 1. The van der Waals surface area contributed by atoms with E-state index in [0.29, 0.717) is 17.0 Å². The molecule has 0 aliphatic heterocycles. The molecule has 0 N–H and O–H groups in total. The minimum absolute atomic E-state index is 0.353. The minimum atomic E-state index is -4.49. The fraction of sp³-hybridized carbons (Fsp3) is 0.312. The van der Waals surface area contributed by atoms with Crippen LogP contribution in [-0.4, -0.2) is 30.9 Å². The zero-order valence-electron chi connectivity index (χ0n) is 13.5. The van der Waals surface area contributed by atoms with Crippen LogP contribution in [0.2, 0.25) is 0 Å². The lowest BCUT2D eigenvalue weighted by molar-refractivity contribution is -0.141. The average Bonchev–Trinajstić information content (AvgIpc) is 2.99. The molecule has 0 radical (unpaired) electrons. The van der Waals surface area contributed by atoms with Gasteiger partial charge in [0, 0.05) is 17.3 Å². The highest BCUT2D eigenvalue weighted by molar-refractivity contribution is 7.99. The van der Waals surface area contributed by atoms with Gasteiger partial charge < -0.3 is 4.40 Å². The summed E-state index contributed by atoms with van der Waals surface area (Å²) in [5.41, 5.74) is 0.624. The van der Waals surface area contributed by atoms with Gasteiger partial charge in [-0.2, -0.15) is 13.2 Å². The Morgan fingerprint density at radius 1 is 1.04 bits per heavy atom. The Bertz CT molecular complexity index is 893. The lowest BCUT2D eigenvalue weighted by Gasteiger charge is -2.07. The predicted molar refractivity (Wildman–Crippen MR) is 94.0 cm³/mol. The van der Waals surface area contributed by atoms with Crippen molar-refractivity contribution >= 4 is 29.2 Å². The smallest absolute Gasteiger partial charge is 0.303 e. The third-order valence-electron chi connectivity index (χ3n) is 3.30. The van der Waals surface area contributed by atoms with Gasteiger partial charge in [-0.05, 0) is 23.6 Å². The number of thioether (sulfide) groups is 2. The fourth-order valence-corrected chi connectivity index (χ4v) is 3.65. The van der Waals surface area contributed by atoms with E-state index in [9.17, 15) is 13.2 Å². The second-order valence-corrected chi connectivity index (χ2v) is 7.61. The molecule has 4 nitrogen and oxygen atoms in total. The summed E-state index contributed by atoms with van der Waals surface area (Å²) in [7, 11) is 0. The first-order chi connectivity index (χ1) is 11.9. The molecule has 0 saturated carbocycles. The zero-order valence-corrected chi connectivity index (χ0v) is 15.2. The summed E-state index contributed by atoms with van der Waals surface area (Å²) >= 11 is 3.23. The molecule has 3 heterocycles. The van der Waals surface area contributed by atoms with Crippen LogP contribution < -0.4 is 0 Å². The highest BCUT2D eigenvalue weighted by atomic mass is 32.2. The van der Waals surface area contributed by atoms with Crippen LogP contribution in [0, 0.1) is 0 Å². The molecule has 0 spiro atoms. The largest absolute Gasteiger partial charge is 0.434 e. The molecule has 0 bridgehead atoms. The van der Waals surface area contributed by atoms with E-state index in [4.69, 9.17) is 0 Å². The maximum Gasteiger partial charge on any atom is 0.434 e. The fourth-order valence-electron chi connectivity index (χ4n) is 2.27. The number of pyridine rings is 1. The van der Waals surface area contributed by atoms with E-state index < -0.39 is 11.9 Å². The molecular formula is C16H15F3N4S2. The SMILES string of the molecule is CCSc1ccc(SCC)c(-c2cn3cc(C(F)(F)F)ncc3n2)n1. The first kappa shape index (κ1) is 18.1. The summed E-state index contributed by atoms with van der Waals surface area (Å²) in [6.45, 7) is 4.07. The normalized spacial score (nSPS) is 12.0. The first-order valence-electron chi connectivity index (χ1n) is 7.61. The lowest BCUT2D eigenvalue weighted by Crippen LogP contribution is -2.08. The van der Waals surface area contributed by atoms with Crippen LogP contribution in [0.1, 0.15) is 19.5 Å². The molecule has 3 aromatic heterocycles. The molecule has 0 unspecified atom stereocenters. The van der Waals surface area contributed by atoms with Gasteiger partial charge in [-0.15, -0.1) is 23.5 Å². The molecule has 0 amide bonds. The van der Waals surface area contributed by atoms with Gasteiger partial charge in [0.05, 0.1) is 11.2 Å². The zero-order chi connectivity index (χ0) is 18.0. The number of hydrogen-bond donors (Lipinski definition) is 0. The Morgan fingerprint density at radius 3 is 2.48 bits per heavy atom. The van der Waals surface area contributed by atoms with Crippen molar-refractivity contribution in [2.45, 2.75) is 29.9 Å². The van der Waals surface area contributed by atoms with Crippen LogP contribution in [-0.2, 0) is 6.18 Å². The van der Waals surface area contributed by atoms with Gasteiger partial charge in [0.15, 0.2) is 11.3 Å². The number of imidazole rings is 1. The van der Waals surface area contributed by atoms with Crippen molar-refractivity contribution < 1.29 is 13.2 Å². The molecule has 0 fully saturated rings. The second-order valence-electron chi connectivity index (χ2n) is 5.02. The Balaban J connectivity index is 2.10. The molecule has 132 valence electrons. The van der Waals surface area contributed by atoms with Crippen LogP contribution in [0.15, 0.2) is 40.6 Å². The van der Waals surface area contributed by atoms with Crippen LogP contribution in [0.4, 0.5) is 13.2 Å². The predicted octanol–water partition coefficient (Wildman–Crippen LogP) is 5.03. The standard InChI is InChI=1S/C16H15F3N4S2/c1-3-24-11-5-6-14(25-4-2)22-15(11)10-8-23-9-12(16(17,18)19)20-7-13(23)21-10/h5-9H,3-4H2,1-2H3. The van der Waals surface area contributed by atoms with E-state index in [2.05, 4.69) is 15.0 Å². The van der Waals surface area contributed by atoms with Crippen LogP contribution in [0.3, 0.4) is 0 Å². The Labute approximate surface area is 151 Å². The Kier molecular flexibility index (Phi) is 5.24. The summed E-state index contributed by atoms with van der Waals surface area (Å²) in [5, 5.41) is 0.865. The van der Waals surface area contributed by atoms with Crippen molar-refractivity contribution in [3.8, 4) is 11.4 Å². The van der Waals surface area contributed by atoms with Crippen LogP contribution >= 0.6 is 23.5 Å². The number of nitrogens with zero attached hydrogens (tertiary/aromatic N) is 4. The molecule has 0 saturated heterocycles. The molecular weight excluding hydrogens is 369 g/mol. The summed E-state index contributed by atoms with van der Waals surface area (Å²) < 4.78 is 39.8. The number of alkyl halides is 3. The van der Waals surface area contributed by atoms with Crippen molar-refractivity contribution in [2.75, 3.05) is 11.5 Å². The van der Waals surface area contributed by atoms with Gasteiger partial charge in [0.2, 0.25) is 0 Å². The number of hydrogen-bond acceptors (Lipinski definition) is 5.